The molecule has 1 unspecified atom stereocenters. The Morgan fingerprint density at radius 2 is 2.25 bits per heavy atom. The van der Waals surface area contributed by atoms with Crippen molar-refractivity contribution in [2.75, 3.05) is 0 Å². The minimum absolute atomic E-state index is 0.0888. The molecule has 1 heterocycles. The van der Waals surface area contributed by atoms with Gasteiger partial charge in [0.05, 0.1) is 9.71 Å². The van der Waals surface area contributed by atoms with Gasteiger partial charge in [0.25, 0.3) is 0 Å². The fraction of sp³-hybridized carbons (Fsp3) is 0.333. The summed E-state index contributed by atoms with van der Waals surface area (Å²) in [5, 5.41) is 0.0888. The van der Waals surface area contributed by atoms with E-state index in [-0.39, 0.29) is 5.38 Å². The predicted octanol–water partition coefficient (Wildman–Crippen LogP) is 4.43. The highest BCUT2D eigenvalue weighted by atomic mass is 35.5. The first-order valence-corrected chi connectivity index (χ1v) is 5.30. The van der Waals surface area contributed by atoms with E-state index in [1.165, 1.54) is 0 Å². The number of allylic oxidation sites excluding steroid dienone is 1. The zero-order chi connectivity index (χ0) is 9.14. The van der Waals surface area contributed by atoms with Crippen LogP contribution in [-0.4, -0.2) is 5.38 Å². The van der Waals surface area contributed by atoms with Crippen LogP contribution in [0.15, 0.2) is 17.7 Å². The SMILES string of the molecule is C/C(=C\c1ccc(Cl)s1)C(C)Cl. The minimum Gasteiger partial charge on any atom is -0.124 e. The molecule has 0 aliphatic rings. The molecule has 3 heteroatoms. The quantitative estimate of drug-likeness (QED) is 0.648. The average molecular weight is 221 g/mol. The molecule has 0 spiro atoms. The molecule has 0 N–H and O–H groups in total. The van der Waals surface area contributed by atoms with Crippen LogP contribution in [0.2, 0.25) is 4.34 Å². The van der Waals surface area contributed by atoms with Crippen molar-refractivity contribution in [3.63, 3.8) is 0 Å². The molecule has 66 valence electrons. The molecule has 0 nitrogen and oxygen atoms in total. The summed E-state index contributed by atoms with van der Waals surface area (Å²) in [6.45, 7) is 3.98. The Morgan fingerprint density at radius 1 is 1.58 bits per heavy atom. The molecular weight excluding hydrogens is 211 g/mol. The van der Waals surface area contributed by atoms with Crippen molar-refractivity contribution in [1.29, 1.82) is 0 Å². The molecule has 0 saturated heterocycles. The van der Waals surface area contributed by atoms with E-state index >= 15 is 0 Å². The number of hydrogen-bond donors (Lipinski definition) is 0. The average Bonchev–Trinajstić information content (AvgIpc) is 2.35. The summed E-state index contributed by atoms with van der Waals surface area (Å²) in [6, 6.07) is 3.89. The van der Waals surface area contributed by atoms with Gasteiger partial charge in [-0.3, -0.25) is 0 Å². The smallest absolute Gasteiger partial charge is 0.0934 e. The van der Waals surface area contributed by atoms with Crippen LogP contribution in [0.25, 0.3) is 6.08 Å². The van der Waals surface area contributed by atoms with Gasteiger partial charge in [0, 0.05) is 4.88 Å². The highest BCUT2D eigenvalue weighted by Crippen LogP contribution is 2.24. The van der Waals surface area contributed by atoms with E-state index in [1.54, 1.807) is 11.3 Å². The lowest BCUT2D eigenvalue weighted by Gasteiger charge is -2.00. The van der Waals surface area contributed by atoms with Crippen LogP contribution in [0.1, 0.15) is 18.7 Å². The van der Waals surface area contributed by atoms with Gasteiger partial charge in [-0.25, -0.2) is 0 Å². The first kappa shape index (κ1) is 10.1. The first-order valence-electron chi connectivity index (χ1n) is 3.67. The molecule has 1 atom stereocenters. The Bertz CT molecular complexity index is 286. The highest BCUT2D eigenvalue weighted by molar-refractivity contribution is 7.17. The highest BCUT2D eigenvalue weighted by Gasteiger charge is 2.00. The number of halogens is 2. The molecule has 1 aromatic rings. The van der Waals surface area contributed by atoms with Gasteiger partial charge in [0.2, 0.25) is 0 Å². The second-order valence-electron chi connectivity index (χ2n) is 2.65. The summed E-state index contributed by atoms with van der Waals surface area (Å²) >= 11 is 13.2. The summed E-state index contributed by atoms with van der Waals surface area (Å²) < 4.78 is 0.816. The van der Waals surface area contributed by atoms with Crippen molar-refractivity contribution < 1.29 is 0 Å². The molecular formula is C9H10Cl2S. The van der Waals surface area contributed by atoms with Crippen LogP contribution in [0, 0.1) is 0 Å². The molecule has 0 aliphatic carbocycles. The van der Waals surface area contributed by atoms with Crippen LogP contribution in [0.5, 0.6) is 0 Å². The number of thiophene rings is 1. The van der Waals surface area contributed by atoms with Crippen LogP contribution >= 0.6 is 34.5 Å². The topological polar surface area (TPSA) is 0 Å². The predicted molar refractivity (Wildman–Crippen MR) is 58.3 cm³/mol. The van der Waals surface area contributed by atoms with Crippen molar-refractivity contribution in [2.45, 2.75) is 19.2 Å². The monoisotopic (exact) mass is 220 g/mol. The lowest BCUT2D eigenvalue weighted by Crippen LogP contribution is -1.90. The Balaban J connectivity index is 2.80. The number of alkyl halides is 1. The van der Waals surface area contributed by atoms with Gasteiger partial charge >= 0.3 is 0 Å². The summed E-state index contributed by atoms with van der Waals surface area (Å²) in [7, 11) is 0. The van der Waals surface area contributed by atoms with E-state index in [0.29, 0.717) is 0 Å². The van der Waals surface area contributed by atoms with Crippen molar-refractivity contribution in [2.24, 2.45) is 0 Å². The van der Waals surface area contributed by atoms with Gasteiger partial charge in [-0.15, -0.1) is 22.9 Å². The lowest BCUT2D eigenvalue weighted by atomic mass is 10.2. The third-order valence-electron chi connectivity index (χ3n) is 1.59. The maximum absolute atomic E-state index is 5.89. The van der Waals surface area contributed by atoms with E-state index in [0.717, 1.165) is 14.8 Å². The largest absolute Gasteiger partial charge is 0.124 e. The van der Waals surface area contributed by atoms with E-state index in [2.05, 4.69) is 6.08 Å². The number of hydrogen-bond acceptors (Lipinski definition) is 1. The molecule has 0 radical (unpaired) electrons. The summed E-state index contributed by atoms with van der Waals surface area (Å²) in [4.78, 5) is 1.16. The van der Waals surface area contributed by atoms with E-state index in [4.69, 9.17) is 23.2 Å². The second-order valence-corrected chi connectivity index (χ2v) is 5.05. The Hall–Kier alpha value is 0.0200. The van der Waals surface area contributed by atoms with Crippen molar-refractivity contribution in [3.05, 3.63) is 26.9 Å². The Labute approximate surface area is 86.8 Å². The molecule has 1 rings (SSSR count). The maximum Gasteiger partial charge on any atom is 0.0934 e. The van der Waals surface area contributed by atoms with Crippen molar-refractivity contribution >= 4 is 40.6 Å². The van der Waals surface area contributed by atoms with Crippen molar-refractivity contribution in [1.82, 2.24) is 0 Å². The van der Waals surface area contributed by atoms with Gasteiger partial charge in [0.15, 0.2) is 0 Å². The molecule has 12 heavy (non-hydrogen) atoms. The fourth-order valence-electron chi connectivity index (χ4n) is 0.745. The van der Waals surface area contributed by atoms with Crippen LogP contribution < -0.4 is 0 Å². The van der Waals surface area contributed by atoms with Crippen molar-refractivity contribution in [3.8, 4) is 0 Å². The van der Waals surface area contributed by atoms with Gasteiger partial charge in [-0.1, -0.05) is 17.2 Å². The number of rotatable bonds is 2. The molecule has 0 aromatic carbocycles. The van der Waals surface area contributed by atoms with Crippen LogP contribution in [0.4, 0.5) is 0 Å². The molecule has 0 fully saturated rings. The maximum atomic E-state index is 5.89. The molecule has 0 bridgehead atoms. The Kier molecular flexibility index (Phi) is 3.63. The zero-order valence-corrected chi connectivity index (χ0v) is 9.30. The molecule has 0 saturated carbocycles. The van der Waals surface area contributed by atoms with Crippen LogP contribution in [-0.2, 0) is 0 Å². The van der Waals surface area contributed by atoms with E-state index in [9.17, 15) is 0 Å². The molecule has 1 aromatic heterocycles. The lowest BCUT2D eigenvalue weighted by molar-refractivity contribution is 1.12. The third kappa shape index (κ3) is 2.81. The first-order chi connectivity index (χ1) is 5.59. The van der Waals surface area contributed by atoms with Crippen LogP contribution in [0.3, 0.4) is 0 Å². The normalized spacial score (nSPS) is 14.8. The van der Waals surface area contributed by atoms with Gasteiger partial charge in [0.1, 0.15) is 0 Å². The standard InChI is InChI=1S/C9H10Cl2S/c1-6(7(2)10)5-8-3-4-9(11)12-8/h3-5,7H,1-2H3/b6-5+. The zero-order valence-electron chi connectivity index (χ0n) is 6.97. The fourth-order valence-corrected chi connectivity index (χ4v) is 1.88. The molecule has 0 aliphatic heterocycles. The molecule has 0 amide bonds. The second kappa shape index (κ2) is 4.31. The van der Waals surface area contributed by atoms with Gasteiger partial charge in [-0.2, -0.15) is 0 Å². The van der Waals surface area contributed by atoms with E-state index in [1.807, 2.05) is 26.0 Å². The van der Waals surface area contributed by atoms with E-state index < -0.39 is 0 Å². The van der Waals surface area contributed by atoms with Gasteiger partial charge in [-0.05, 0) is 32.1 Å². The summed E-state index contributed by atoms with van der Waals surface area (Å²) in [5.41, 5.74) is 1.16. The Morgan fingerprint density at radius 3 is 2.67 bits per heavy atom. The summed E-state index contributed by atoms with van der Waals surface area (Å²) in [6.07, 6.45) is 2.06. The third-order valence-corrected chi connectivity index (χ3v) is 3.11. The minimum atomic E-state index is 0.0888. The van der Waals surface area contributed by atoms with Gasteiger partial charge < -0.3 is 0 Å². The summed E-state index contributed by atoms with van der Waals surface area (Å²) in [5.74, 6) is 0.